The van der Waals surface area contributed by atoms with Crippen molar-refractivity contribution in [3.05, 3.63) is 52.2 Å². The largest absolute Gasteiger partial charge is 0.302 e. The summed E-state index contributed by atoms with van der Waals surface area (Å²) in [7, 11) is -3.41. The topological polar surface area (TPSA) is 49.4 Å². The number of rotatable bonds is 7. The predicted octanol–water partition coefficient (Wildman–Crippen LogP) is 3.47. The molecule has 1 aliphatic heterocycles. The third kappa shape index (κ3) is 4.91. The van der Waals surface area contributed by atoms with E-state index in [4.69, 9.17) is 0 Å². The molecule has 1 N–H and O–H groups in total. The summed E-state index contributed by atoms with van der Waals surface area (Å²) in [6, 6.07) is 11.5. The smallest absolute Gasteiger partial charge is 0.240 e. The lowest BCUT2D eigenvalue weighted by Crippen LogP contribution is -2.39. The van der Waals surface area contributed by atoms with E-state index in [1.165, 1.54) is 4.88 Å². The monoisotopic (exact) mass is 378 g/mol. The fourth-order valence-electron chi connectivity index (χ4n) is 3.29. The minimum atomic E-state index is -3.41. The van der Waals surface area contributed by atoms with Crippen LogP contribution in [0.4, 0.5) is 0 Å². The molecule has 4 nitrogen and oxygen atoms in total. The van der Waals surface area contributed by atoms with E-state index in [1.54, 1.807) is 12.1 Å². The zero-order chi connectivity index (χ0) is 17.7. The molecule has 136 valence electrons. The van der Waals surface area contributed by atoms with Crippen LogP contribution in [-0.4, -0.2) is 39.5 Å². The molecule has 1 aliphatic rings. The Morgan fingerprint density at radius 1 is 1.16 bits per heavy atom. The van der Waals surface area contributed by atoms with Gasteiger partial charge in [0.05, 0.1) is 4.90 Å². The molecule has 0 saturated carbocycles. The van der Waals surface area contributed by atoms with E-state index >= 15 is 0 Å². The first-order valence-corrected chi connectivity index (χ1v) is 11.3. The van der Waals surface area contributed by atoms with E-state index in [2.05, 4.69) is 34.1 Å². The van der Waals surface area contributed by atoms with Crippen molar-refractivity contribution in [2.75, 3.05) is 26.2 Å². The summed E-state index contributed by atoms with van der Waals surface area (Å²) >= 11 is 1.84. The number of nitrogens with one attached hydrogen (secondary N) is 1. The summed E-state index contributed by atoms with van der Waals surface area (Å²) < 4.78 is 27.4. The Bertz CT molecular complexity index is 747. The van der Waals surface area contributed by atoms with Gasteiger partial charge in [-0.25, -0.2) is 13.1 Å². The number of benzene rings is 1. The van der Waals surface area contributed by atoms with E-state index in [9.17, 15) is 8.42 Å². The standard InChI is InChI=1S/C19H26N2O2S2/c1-2-16-5-7-18(8-6-16)25(22,23)20-11-14-21-12-9-17(10-13-21)19-4-3-15-24-19/h3-8,15,17,20H,2,9-14H2,1H3. The van der Waals surface area contributed by atoms with Gasteiger partial charge >= 0.3 is 0 Å². The third-order valence-corrected chi connectivity index (χ3v) is 7.41. The van der Waals surface area contributed by atoms with E-state index in [0.29, 0.717) is 17.4 Å². The highest BCUT2D eigenvalue weighted by Crippen LogP contribution is 2.30. The molecule has 25 heavy (non-hydrogen) atoms. The van der Waals surface area contributed by atoms with Crippen LogP contribution >= 0.6 is 11.3 Å². The van der Waals surface area contributed by atoms with Gasteiger partial charge in [0.15, 0.2) is 0 Å². The van der Waals surface area contributed by atoms with Crippen molar-refractivity contribution in [3.63, 3.8) is 0 Å². The highest BCUT2D eigenvalue weighted by molar-refractivity contribution is 7.89. The number of likely N-dealkylation sites (tertiary alicyclic amines) is 1. The summed E-state index contributed by atoms with van der Waals surface area (Å²) in [5.41, 5.74) is 1.15. The van der Waals surface area contributed by atoms with E-state index in [1.807, 2.05) is 23.5 Å². The number of hydrogen-bond donors (Lipinski definition) is 1. The third-order valence-electron chi connectivity index (χ3n) is 4.90. The molecule has 0 bridgehead atoms. The average Bonchev–Trinajstić information content (AvgIpc) is 3.17. The first-order valence-electron chi connectivity index (χ1n) is 8.93. The van der Waals surface area contributed by atoms with Gasteiger partial charge in [-0.2, -0.15) is 0 Å². The molecular formula is C19H26N2O2S2. The van der Waals surface area contributed by atoms with Gasteiger partial charge in [0, 0.05) is 18.0 Å². The molecule has 0 amide bonds. The van der Waals surface area contributed by atoms with Crippen LogP contribution in [-0.2, 0) is 16.4 Å². The van der Waals surface area contributed by atoms with Crippen LogP contribution < -0.4 is 4.72 Å². The molecule has 1 aromatic heterocycles. The van der Waals surface area contributed by atoms with Crippen LogP contribution in [0.5, 0.6) is 0 Å². The Morgan fingerprint density at radius 2 is 1.88 bits per heavy atom. The minimum absolute atomic E-state index is 0.348. The van der Waals surface area contributed by atoms with Gasteiger partial charge in [-0.3, -0.25) is 0 Å². The van der Waals surface area contributed by atoms with Gasteiger partial charge in [0.2, 0.25) is 10.0 Å². The lowest BCUT2D eigenvalue weighted by Gasteiger charge is -2.31. The van der Waals surface area contributed by atoms with Crippen molar-refractivity contribution in [2.24, 2.45) is 0 Å². The maximum atomic E-state index is 12.4. The molecule has 0 unspecified atom stereocenters. The number of aryl methyl sites for hydroxylation is 1. The predicted molar refractivity (Wildman–Crippen MR) is 104 cm³/mol. The van der Waals surface area contributed by atoms with Crippen LogP contribution in [0.15, 0.2) is 46.7 Å². The molecule has 0 spiro atoms. The second kappa shape index (κ2) is 8.45. The van der Waals surface area contributed by atoms with Crippen molar-refractivity contribution in [1.29, 1.82) is 0 Å². The second-order valence-electron chi connectivity index (χ2n) is 6.53. The first kappa shape index (κ1) is 18.6. The molecule has 2 aromatic rings. The average molecular weight is 379 g/mol. The summed E-state index contributed by atoms with van der Waals surface area (Å²) in [6.45, 7) is 5.36. The van der Waals surface area contributed by atoms with E-state index < -0.39 is 10.0 Å². The Morgan fingerprint density at radius 3 is 2.48 bits per heavy atom. The molecule has 2 heterocycles. The fraction of sp³-hybridized carbons (Fsp3) is 0.474. The molecule has 1 saturated heterocycles. The molecular weight excluding hydrogens is 352 g/mol. The normalized spacial score (nSPS) is 17.0. The maximum absolute atomic E-state index is 12.4. The molecule has 0 radical (unpaired) electrons. The summed E-state index contributed by atoms with van der Waals surface area (Å²) in [6.07, 6.45) is 3.23. The first-order chi connectivity index (χ1) is 12.1. The molecule has 1 aromatic carbocycles. The molecule has 1 fully saturated rings. The lowest BCUT2D eigenvalue weighted by atomic mass is 9.95. The highest BCUT2D eigenvalue weighted by Gasteiger charge is 2.21. The summed E-state index contributed by atoms with van der Waals surface area (Å²) in [5.74, 6) is 0.671. The van der Waals surface area contributed by atoms with Gasteiger partial charge in [-0.15, -0.1) is 11.3 Å². The zero-order valence-corrected chi connectivity index (χ0v) is 16.3. The zero-order valence-electron chi connectivity index (χ0n) is 14.6. The van der Waals surface area contributed by atoms with Crippen molar-refractivity contribution < 1.29 is 8.42 Å². The van der Waals surface area contributed by atoms with Crippen molar-refractivity contribution in [2.45, 2.75) is 37.0 Å². The Labute approximate surface area is 154 Å². The SMILES string of the molecule is CCc1ccc(S(=O)(=O)NCCN2CCC(c3cccs3)CC2)cc1. The van der Waals surface area contributed by atoms with Crippen LogP contribution in [0, 0.1) is 0 Å². The molecule has 0 aliphatic carbocycles. The van der Waals surface area contributed by atoms with Gasteiger partial charge in [-0.05, 0) is 67.4 Å². The fourth-order valence-corrected chi connectivity index (χ4v) is 5.21. The van der Waals surface area contributed by atoms with E-state index in [0.717, 1.165) is 44.5 Å². The summed E-state index contributed by atoms with van der Waals surface area (Å²) in [5, 5.41) is 2.14. The Kier molecular flexibility index (Phi) is 6.28. The highest BCUT2D eigenvalue weighted by atomic mass is 32.2. The van der Waals surface area contributed by atoms with Gasteiger partial charge in [0.1, 0.15) is 0 Å². The van der Waals surface area contributed by atoms with Crippen LogP contribution in [0.25, 0.3) is 0 Å². The summed E-state index contributed by atoms with van der Waals surface area (Å²) in [4.78, 5) is 4.18. The molecule has 0 atom stereocenters. The van der Waals surface area contributed by atoms with Gasteiger partial charge in [-0.1, -0.05) is 25.1 Å². The Balaban J connectivity index is 1.44. The molecule has 6 heteroatoms. The van der Waals surface area contributed by atoms with Crippen molar-refractivity contribution in [3.8, 4) is 0 Å². The number of piperidine rings is 1. The molecule has 3 rings (SSSR count). The van der Waals surface area contributed by atoms with Crippen molar-refractivity contribution >= 4 is 21.4 Å². The quantitative estimate of drug-likeness (QED) is 0.803. The number of thiophene rings is 1. The second-order valence-corrected chi connectivity index (χ2v) is 9.27. The number of hydrogen-bond acceptors (Lipinski definition) is 4. The Hall–Kier alpha value is -1.21. The van der Waals surface area contributed by atoms with Gasteiger partial charge in [0.25, 0.3) is 0 Å². The van der Waals surface area contributed by atoms with Crippen LogP contribution in [0.2, 0.25) is 0 Å². The van der Waals surface area contributed by atoms with Gasteiger partial charge < -0.3 is 4.90 Å². The lowest BCUT2D eigenvalue weighted by molar-refractivity contribution is 0.217. The van der Waals surface area contributed by atoms with Crippen LogP contribution in [0.1, 0.15) is 36.1 Å². The number of sulfonamides is 1. The van der Waals surface area contributed by atoms with Crippen LogP contribution in [0.3, 0.4) is 0 Å². The minimum Gasteiger partial charge on any atom is -0.302 e. The van der Waals surface area contributed by atoms with E-state index in [-0.39, 0.29) is 0 Å². The maximum Gasteiger partial charge on any atom is 0.240 e. The van der Waals surface area contributed by atoms with Crippen molar-refractivity contribution in [1.82, 2.24) is 9.62 Å². The number of nitrogens with zero attached hydrogens (tertiary/aromatic N) is 1.